The van der Waals surface area contributed by atoms with Crippen LogP contribution in [-0.2, 0) is 4.74 Å². The smallest absolute Gasteiger partial charge is 0.357 e. The van der Waals surface area contributed by atoms with Crippen molar-refractivity contribution in [1.82, 2.24) is 4.98 Å². The molecular weight excluding hydrogens is 244 g/mol. The summed E-state index contributed by atoms with van der Waals surface area (Å²) in [4.78, 5) is 15.4. The fraction of sp³-hybridized carbons (Fsp3) is 0.600. The lowest BCUT2D eigenvalue weighted by atomic mass is 10.2. The van der Waals surface area contributed by atoms with Gasteiger partial charge in [-0.1, -0.05) is 0 Å². The lowest BCUT2D eigenvalue weighted by molar-refractivity contribution is 0.0595. The molecule has 0 radical (unpaired) electrons. The van der Waals surface area contributed by atoms with Gasteiger partial charge in [-0.2, -0.15) is 11.8 Å². The summed E-state index contributed by atoms with van der Waals surface area (Å²) in [5.41, 5.74) is 0.387. The number of esters is 1. The molecule has 1 saturated heterocycles. The minimum Gasteiger partial charge on any atom is -0.464 e. The van der Waals surface area contributed by atoms with Crippen molar-refractivity contribution in [2.24, 2.45) is 0 Å². The van der Waals surface area contributed by atoms with Crippen molar-refractivity contribution >= 4 is 34.2 Å². The van der Waals surface area contributed by atoms with Crippen LogP contribution in [0.1, 0.15) is 23.3 Å². The molecule has 4 nitrogen and oxygen atoms in total. The number of aromatic nitrogens is 1. The zero-order valence-corrected chi connectivity index (χ0v) is 10.7. The van der Waals surface area contributed by atoms with E-state index in [9.17, 15) is 4.79 Å². The van der Waals surface area contributed by atoms with Crippen LogP contribution in [0.3, 0.4) is 0 Å². The van der Waals surface area contributed by atoms with Crippen molar-refractivity contribution in [2.45, 2.75) is 18.9 Å². The molecule has 2 heterocycles. The summed E-state index contributed by atoms with van der Waals surface area (Å²) in [6.07, 6.45) is 2.43. The van der Waals surface area contributed by atoms with E-state index in [0.29, 0.717) is 11.7 Å². The molecule has 0 amide bonds. The van der Waals surface area contributed by atoms with Gasteiger partial charge in [0.25, 0.3) is 0 Å². The van der Waals surface area contributed by atoms with E-state index in [4.69, 9.17) is 0 Å². The molecule has 2 rings (SSSR count). The molecule has 0 saturated carbocycles. The van der Waals surface area contributed by atoms with Gasteiger partial charge in [0, 0.05) is 17.2 Å². The van der Waals surface area contributed by atoms with Crippen molar-refractivity contribution < 1.29 is 9.53 Å². The molecule has 1 fully saturated rings. The summed E-state index contributed by atoms with van der Waals surface area (Å²) in [6, 6.07) is 0.482. The van der Waals surface area contributed by atoms with Crippen molar-refractivity contribution in [3.8, 4) is 0 Å². The van der Waals surface area contributed by atoms with Gasteiger partial charge in [0.05, 0.1) is 7.11 Å². The van der Waals surface area contributed by atoms with Gasteiger partial charge in [0.2, 0.25) is 0 Å². The lowest BCUT2D eigenvalue weighted by Gasteiger charge is -2.21. The Morgan fingerprint density at radius 1 is 1.69 bits per heavy atom. The number of nitrogens with zero attached hydrogens (tertiary/aromatic N) is 1. The first kappa shape index (κ1) is 11.7. The van der Waals surface area contributed by atoms with E-state index in [-0.39, 0.29) is 5.97 Å². The third-order valence-corrected chi connectivity index (χ3v) is 4.38. The number of thioether (sulfide) groups is 1. The molecule has 1 aromatic heterocycles. The molecule has 6 heteroatoms. The molecule has 0 aliphatic carbocycles. The highest BCUT2D eigenvalue weighted by Gasteiger charge is 2.16. The summed E-state index contributed by atoms with van der Waals surface area (Å²) in [7, 11) is 1.37. The van der Waals surface area contributed by atoms with Gasteiger partial charge in [0.15, 0.2) is 10.8 Å². The van der Waals surface area contributed by atoms with Gasteiger partial charge in [0.1, 0.15) is 0 Å². The van der Waals surface area contributed by atoms with E-state index < -0.39 is 0 Å². The number of carbonyl (C=O) groups is 1. The van der Waals surface area contributed by atoms with Crippen molar-refractivity contribution in [2.75, 3.05) is 23.9 Å². The highest BCUT2D eigenvalue weighted by atomic mass is 32.2. The van der Waals surface area contributed by atoms with Gasteiger partial charge in [-0.25, -0.2) is 9.78 Å². The Kier molecular flexibility index (Phi) is 4.06. The minimum atomic E-state index is -0.373. The largest absolute Gasteiger partial charge is 0.464 e. The van der Waals surface area contributed by atoms with Gasteiger partial charge < -0.3 is 10.1 Å². The van der Waals surface area contributed by atoms with E-state index in [1.807, 2.05) is 11.8 Å². The van der Waals surface area contributed by atoms with E-state index in [1.165, 1.54) is 37.0 Å². The number of anilines is 1. The number of nitrogens with one attached hydrogen (secondary N) is 1. The van der Waals surface area contributed by atoms with Crippen LogP contribution in [0.5, 0.6) is 0 Å². The second kappa shape index (κ2) is 5.54. The number of hydrogen-bond donors (Lipinski definition) is 1. The monoisotopic (exact) mass is 258 g/mol. The topological polar surface area (TPSA) is 51.2 Å². The van der Waals surface area contributed by atoms with Gasteiger partial charge in [-0.05, 0) is 18.6 Å². The first-order chi connectivity index (χ1) is 7.79. The van der Waals surface area contributed by atoms with Crippen LogP contribution in [0.25, 0.3) is 0 Å². The maximum atomic E-state index is 11.2. The third kappa shape index (κ3) is 2.89. The molecule has 1 unspecified atom stereocenters. The summed E-state index contributed by atoms with van der Waals surface area (Å²) in [5, 5.41) is 5.90. The van der Waals surface area contributed by atoms with Crippen LogP contribution in [-0.4, -0.2) is 35.6 Å². The molecule has 1 aromatic rings. The number of rotatable bonds is 3. The summed E-state index contributed by atoms with van der Waals surface area (Å²) in [5.74, 6) is 2.00. The molecule has 16 heavy (non-hydrogen) atoms. The van der Waals surface area contributed by atoms with E-state index >= 15 is 0 Å². The SMILES string of the molecule is COC(=O)c1csc(NC2CCCSC2)n1. The fourth-order valence-electron chi connectivity index (χ4n) is 1.57. The standard InChI is InChI=1S/C10H14N2O2S2/c1-14-9(13)8-6-16-10(12-8)11-7-3-2-4-15-5-7/h6-7H,2-5H2,1H3,(H,11,12). The van der Waals surface area contributed by atoms with Gasteiger partial charge in [-0.3, -0.25) is 0 Å². The molecule has 1 N–H and O–H groups in total. The van der Waals surface area contributed by atoms with Crippen LogP contribution < -0.4 is 5.32 Å². The fourth-order valence-corrected chi connectivity index (χ4v) is 3.40. The number of hydrogen-bond acceptors (Lipinski definition) is 6. The number of ether oxygens (including phenoxy) is 1. The van der Waals surface area contributed by atoms with Gasteiger partial charge >= 0.3 is 5.97 Å². The first-order valence-electron chi connectivity index (χ1n) is 5.17. The Bertz CT molecular complexity index is 361. The normalized spacial score (nSPS) is 20.4. The predicted octanol–water partition coefficient (Wildman–Crippen LogP) is 2.24. The quantitative estimate of drug-likeness (QED) is 0.843. The van der Waals surface area contributed by atoms with Crippen LogP contribution in [0, 0.1) is 0 Å². The Balaban J connectivity index is 1.94. The molecule has 0 bridgehead atoms. The average Bonchev–Trinajstić information content (AvgIpc) is 2.78. The average molecular weight is 258 g/mol. The molecule has 1 aliphatic rings. The Morgan fingerprint density at radius 3 is 3.25 bits per heavy atom. The molecule has 1 aliphatic heterocycles. The number of thiazole rings is 1. The van der Waals surface area contributed by atoms with Crippen molar-refractivity contribution in [3.63, 3.8) is 0 Å². The van der Waals surface area contributed by atoms with Crippen LogP contribution in [0.4, 0.5) is 5.13 Å². The van der Waals surface area contributed by atoms with E-state index in [0.717, 1.165) is 10.9 Å². The second-order valence-corrected chi connectivity index (χ2v) is 5.60. The van der Waals surface area contributed by atoms with Gasteiger partial charge in [-0.15, -0.1) is 11.3 Å². The van der Waals surface area contributed by atoms with Crippen LogP contribution >= 0.6 is 23.1 Å². The highest BCUT2D eigenvalue weighted by molar-refractivity contribution is 7.99. The Labute approximate surface area is 103 Å². The van der Waals surface area contributed by atoms with Crippen molar-refractivity contribution in [3.05, 3.63) is 11.1 Å². The molecule has 1 atom stereocenters. The lowest BCUT2D eigenvalue weighted by Crippen LogP contribution is -2.25. The predicted molar refractivity (Wildman–Crippen MR) is 67.4 cm³/mol. The molecule has 0 aromatic carbocycles. The van der Waals surface area contributed by atoms with E-state index in [2.05, 4.69) is 15.0 Å². The summed E-state index contributed by atoms with van der Waals surface area (Å²) in [6.45, 7) is 0. The minimum absolute atomic E-state index is 0.373. The molecule has 88 valence electrons. The van der Waals surface area contributed by atoms with Crippen LogP contribution in [0.2, 0.25) is 0 Å². The molecule has 0 spiro atoms. The maximum Gasteiger partial charge on any atom is 0.357 e. The zero-order chi connectivity index (χ0) is 11.4. The zero-order valence-electron chi connectivity index (χ0n) is 9.06. The summed E-state index contributed by atoms with van der Waals surface area (Å²) >= 11 is 3.42. The Hall–Kier alpha value is -0.750. The second-order valence-electron chi connectivity index (χ2n) is 3.59. The number of methoxy groups -OCH3 is 1. The molecular formula is C10H14N2O2S2. The maximum absolute atomic E-state index is 11.2. The van der Waals surface area contributed by atoms with Crippen LogP contribution in [0.15, 0.2) is 5.38 Å². The van der Waals surface area contributed by atoms with E-state index in [1.54, 1.807) is 5.38 Å². The summed E-state index contributed by atoms with van der Waals surface area (Å²) < 4.78 is 4.61. The van der Waals surface area contributed by atoms with Crippen molar-refractivity contribution in [1.29, 1.82) is 0 Å². The Morgan fingerprint density at radius 2 is 2.56 bits per heavy atom. The third-order valence-electron chi connectivity index (χ3n) is 2.39. The number of carbonyl (C=O) groups excluding carboxylic acids is 1. The highest BCUT2D eigenvalue weighted by Crippen LogP contribution is 2.23. The first-order valence-corrected chi connectivity index (χ1v) is 7.21.